The molecule has 0 radical (unpaired) electrons. The van der Waals surface area contributed by atoms with Crippen molar-refractivity contribution in [3.63, 3.8) is 0 Å². The summed E-state index contributed by atoms with van der Waals surface area (Å²) in [5.41, 5.74) is 0. The van der Waals surface area contributed by atoms with E-state index in [0.29, 0.717) is 0 Å². The maximum Gasteiger partial charge on any atom is -0.0169 e. The molecule has 0 saturated carbocycles. The van der Waals surface area contributed by atoms with Crippen LogP contribution in [0, 0.1) is 0 Å². The van der Waals surface area contributed by atoms with E-state index in [2.05, 4.69) is 48.5 Å². The van der Waals surface area contributed by atoms with Gasteiger partial charge in [-0.2, -0.15) is 0 Å². The molecular formula is C14H16P2S2. The third-order valence-corrected chi connectivity index (χ3v) is 9.27. The molecule has 0 aliphatic heterocycles. The van der Waals surface area contributed by atoms with Gasteiger partial charge >= 0.3 is 0 Å². The predicted molar refractivity (Wildman–Crippen MR) is 93.2 cm³/mol. The molecule has 0 N–H and O–H groups in total. The molecule has 2 rings (SSSR count). The lowest BCUT2D eigenvalue weighted by Crippen LogP contribution is -2.02. The Bertz CT molecular complexity index is 487. The molecule has 4 heteroatoms. The van der Waals surface area contributed by atoms with Crippen LogP contribution in [0.1, 0.15) is 0 Å². The van der Waals surface area contributed by atoms with Crippen molar-refractivity contribution in [2.75, 3.05) is 12.3 Å². The molecule has 0 amide bonds. The normalized spacial score (nSPS) is 14.0. The van der Waals surface area contributed by atoms with Crippen LogP contribution in [0.3, 0.4) is 0 Å². The molecule has 94 valence electrons. The van der Waals surface area contributed by atoms with Crippen molar-refractivity contribution in [3.05, 3.63) is 60.7 Å². The monoisotopic (exact) mass is 310 g/mol. The summed E-state index contributed by atoms with van der Waals surface area (Å²) in [6, 6.07) is 21.0. The smallest absolute Gasteiger partial charge is 0.0169 e. The van der Waals surface area contributed by atoms with Gasteiger partial charge in [0.15, 0.2) is 0 Å². The highest BCUT2D eigenvalue weighted by Gasteiger charge is 2.02. The Kier molecular flexibility index (Phi) is 5.79. The van der Waals surface area contributed by atoms with Crippen LogP contribution < -0.4 is 10.6 Å². The van der Waals surface area contributed by atoms with Gasteiger partial charge in [0.1, 0.15) is 0 Å². The van der Waals surface area contributed by atoms with E-state index in [1.165, 1.54) is 10.6 Å². The van der Waals surface area contributed by atoms with E-state index >= 15 is 0 Å². The van der Waals surface area contributed by atoms with Gasteiger partial charge in [-0.25, -0.2) is 0 Å². The molecule has 0 aromatic heterocycles. The molecule has 2 aromatic carbocycles. The minimum absolute atomic E-state index is 0.827. The average Bonchev–Trinajstić information content (AvgIpc) is 2.46. The fourth-order valence-electron chi connectivity index (χ4n) is 1.76. The summed E-state index contributed by atoms with van der Waals surface area (Å²) in [5.74, 6) is 0. The van der Waals surface area contributed by atoms with E-state index in [1.807, 2.05) is 12.1 Å². The first kappa shape index (κ1) is 14.2. The van der Waals surface area contributed by atoms with Crippen LogP contribution in [0.15, 0.2) is 60.7 Å². The van der Waals surface area contributed by atoms with Crippen molar-refractivity contribution in [1.29, 1.82) is 0 Å². The number of rotatable bonds is 5. The van der Waals surface area contributed by atoms with Crippen LogP contribution in [-0.2, 0) is 23.6 Å². The summed E-state index contributed by atoms with van der Waals surface area (Å²) in [6.45, 7) is -1.65. The fourth-order valence-corrected chi connectivity index (χ4v) is 7.94. The summed E-state index contributed by atoms with van der Waals surface area (Å²) in [6.07, 6.45) is 2.22. The second-order valence-electron chi connectivity index (χ2n) is 4.08. The second kappa shape index (κ2) is 7.36. The Morgan fingerprint density at radius 2 is 0.944 bits per heavy atom. The summed E-state index contributed by atoms with van der Waals surface area (Å²) >= 11 is 11.3. The molecule has 0 nitrogen and oxygen atoms in total. The summed E-state index contributed by atoms with van der Waals surface area (Å²) < 4.78 is 0. The van der Waals surface area contributed by atoms with Crippen LogP contribution in [0.5, 0.6) is 0 Å². The third kappa shape index (κ3) is 4.14. The highest BCUT2D eigenvalue weighted by atomic mass is 32.4. The second-order valence-corrected chi connectivity index (χ2v) is 10.9. The van der Waals surface area contributed by atoms with Crippen LogP contribution in [-0.4, -0.2) is 12.3 Å². The molecule has 0 spiro atoms. The van der Waals surface area contributed by atoms with Gasteiger partial charge < -0.3 is 0 Å². The average molecular weight is 310 g/mol. The zero-order valence-corrected chi connectivity index (χ0v) is 13.6. The van der Waals surface area contributed by atoms with E-state index in [4.69, 9.17) is 23.6 Å². The van der Waals surface area contributed by atoms with Crippen LogP contribution >= 0.6 is 13.4 Å². The molecule has 2 aromatic rings. The van der Waals surface area contributed by atoms with Crippen molar-refractivity contribution in [2.45, 2.75) is 0 Å². The van der Waals surface area contributed by atoms with E-state index in [9.17, 15) is 0 Å². The maximum absolute atomic E-state index is 5.64. The highest BCUT2D eigenvalue weighted by molar-refractivity contribution is 8.10. The number of benzene rings is 2. The van der Waals surface area contributed by atoms with E-state index in [0.717, 1.165) is 12.3 Å². The maximum atomic E-state index is 5.64. The van der Waals surface area contributed by atoms with Crippen molar-refractivity contribution < 1.29 is 0 Å². The van der Waals surface area contributed by atoms with Gasteiger partial charge in [0.2, 0.25) is 0 Å². The summed E-state index contributed by atoms with van der Waals surface area (Å²) in [4.78, 5) is 0. The zero-order chi connectivity index (χ0) is 12.8. The van der Waals surface area contributed by atoms with E-state index in [1.54, 1.807) is 0 Å². The topological polar surface area (TPSA) is 0 Å². The fraction of sp³-hybridized carbons (Fsp3) is 0.143. The SMILES string of the molecule is S=[PH](CC[PH](=S)c1ccccc1)c1ccccc1. The van der Waals surface area contributed by atoms with Crippen molar-refractivity contribution in [2.24, 2.45) is 0 Å². The van der Waals surface area contributed by atoms with Gasteiger partial charge in [0.05, 0.1) is 0 Å². The lowest BCUT2D eigenvalue weighted by Gasteiger charge is -2.07. The minimum atomic E-state index is -0.827. The van der Waals surface area contributed by atoms with Gasteiger partial charge in [-0.1, -0.05) is 84.3 Å². The molecule has 2 atom stereocenters. The van der Waals surface area contributed by atoms with Crippen LogP contribution in [0.2, 0.25) is 0 Å². The predicted octanol–water partition coefficient (Wildman–Crippen LogP) is 2.99. The number of hydrogen-bond acceptors (Lipinski definition) is 2. The quantitative estimate of drug-likeness (QED) is 0.779. The molecule has 0 fully saturated rings. The van der Waals surface area contributed by atoms with Crippen molar-refractivity contribution in [3.8, 4) is 0 Å². The first-order valence-electron chi connectivity index (χ1n) is 5.94. The van der Waals surface area contributed by atoms with Gasteiger partial charge in [-0.15, -0.1) is 0 Å². The Morgan fingerprint density at radius 1 is 0.611 bits per heavy atom. The molecular weight excluding hydrogens is 294 g/mol. The summed E-state index contributed by atoms with van der Waals surface area (Å²) in [7, 11) is 0. The van der Waals surface area contributed by atoms with E-state index < -0.39 is 13.4 Å². The Labute approximate surface area is 120 Å². The number of hydrogen-bond donors (Lipinski definition) is 0. The molecule has 0 bridgehead atoms. The van der Waals surface area contributed by atoms with Crippen LogP contribution in [0.4, 0.5) is 0 Å². The molecule has 0 aliphatic carbocycles. The minimum Gasteiger partial charge on any atom is -0.0960 e. The van der Waals surface area contributed by atoms with Crippen molar-refractivity contribution in [1.82, 2.24) is 0 Å². The summed E-state index contributed by atoms with van der Waals surface area (Å²) in [5, 5.41) is 2.69. The molecule has 0 heterocycles. The first-order chi connectivity index (χ1) is 8.77. The largest absolute Gasteiger partial charge is 0.0960 e. The Hall–Kier alpha value is -0.260. The van der Waals surface area contributed by atoms with Crippen LogP contribution in [0.25, 0.3) is 0 Å². The van der Waals surface area contributed by atoms with Crippen molar-refractivity contribution >= 4 is 47.6 Å². The van der Waals surface area contributed by atoms with Gasteiger partial charge in [0, 0.05) is 0 Å². The van der Waals surface area contributed by atoms with Gasteiger partial charge in [-0.05, 0) is 36.3 Å². The molecule has 2 unspecified atom stereocenters. The Morgan fingerprint density at radius 3 is 1.28 bits per heavy atom. The lowest BCUT2D eigenvalue weighted by molar-refractivity contribution is 1.54. The molecule has 0 aliphatic rings. The first-order valence-corrected chi connectivity index (χ1v) is 11.6. The van der Waals surface area contributed by atoms with Gasteiger partial charge in [0.25, 0.3) is 0 Å². The van der Waals surface area contributed by atoms with Gasteiger partial charge in [-0.3, -0.25) is 0 Å². The highest BCUT2D eigenvalue weighted by Crippen LogP contribution is 2.27. The van der Waals surface area contributed by atoms with E-state index in [-0.39, 0.29) is 0 Å². The lowest BCUT2D eigenvalue weighted by atomic mass is 10.4. The zero-order valence-electron chi connectivity index (χ0n) is 10.0. The standard InChI is InChI=1S/C14H16P2S2/c17-15(13-7-3-1-4-8-13)11-12-16(18)14-9-5-2-6-10-14/h1-10,15-16H,11-12H2. The molecule has 18 heavy (non-hydrogen) atoms. The molecule has 0 saturated heterocycles. The third-order valence-electron chi connectivity index (χ3n) is 2.77. The Balaban J connectivity index is 1.93.